The highest BCUT2D eigenvalue weighted by Gasteiger charge is 2.44. The molecule has 1 unspecified atom stereocenters. The summed E-state index contributed by atoms with van der Waals surface area (Å²) in [5.74, 6) is -1.20. The Morgan fingerprint density at radius 2 is 2.24 bits per heavy atom. The van der Waals surface area contributed by atoms with Gasteiger partial charge in [-0.2, -0.15) is 0 Å². The Balaban J connectivity index is 1.59. The van der Waals surface area contributed by atoms with Gasteiger partial charge in [-0.25, -0.2) is 9.18 Å². The fourth-order valence-corrected chi connectivity index (χ4v) is 2.85. The quantitative estimate of drug-likeness (QED) is 0.824. The molecule has 3 rings (SSSR count). The van der Waals surface area contributed by atoms with E-state index in [0.29, 0.717) is 17.7 Å². The van der Waals surface area contributed by atoms with Crippen molar-refractivity contribution in [1.29, 1.82) is 0 Å². The summed E-state index contributed by atoms with van der Waals surface area (Å²) >= 11 is 0. The largest absolute Gasteiger partial charge is 0.467 e. The Bertz CT molecular complexity index is 723. The fourth-order valence-electron chi connectivity index (χ4n) is 2.85. The maximum Gasteiger partial charge on any atom is 0.335 e. The van der Waals surface area contributed by atoms with E-state index >= 15 is 0 Å². The summed E-state index contributed by atoms with van der Waals surface area (Å²) < 4.78 is 23.3. The molecule has 2 aliphatic heterocycles. The van der Waals surface area contributed by atoms with Gasteiger partial charge in [0.1, 0.15) is 5.82 Å². The lowest BCUT2D eigenvalue weighted by Crippen LogP contribution is -2.49. The Morgan fingerprint density at radius 1 is 1.44 bits per heavy atom. The number of nitrogens with zero attached hydrogens (tertiary/aromatic N) is 1. The van der Waals surface area contributed by atoms with E-state index < -0.39 is 17.7 Å². The average molecular weight is 350 g/mol. The van der Waals surface area contributed by atoms with Crippen LogP contribution in [-0.4, -0.2) is 49.1 Å². The Labute approximate surface area is 144 Å². The molecule has 8 heteroatoms. The first-order valence-corrected chi connectivity index (χ1v) is 7.92. The number of oxime groups is 1. The number of hydrogen-bond donors (Lipinski definition) is 1. The first-order valence-electron chi connectivity index (χ1n) is 7.92. The monoisotopic (exact) mass is 350 g/mol. The predicted octanol–water partition coefficient (Wildman–Crippen LogP) is 1.16. The van der Waals surface area contributed by atoms with Crippen LogP contribution in [-0.2, 0) is 23.9 Å². The van der Waals surface area contributed by atoms with Crippen LogP contribution in [0.15, 0.2) is 29.4 Å². The van der Waals surface area contributed by atoms with Crippen molar-refractivity contribution in [3.8, 4) is 0 Å². The maximum absolute atomic E-state index is 13.3. The minimum absolute atomic E-state index is 0.219. The summed E-state index contributed by atoms with van der Waals surface area (Å²) in [5.41, 5.74) is -0.107. The van der Waals surface area contributed by atoms with Gasteiger partial charge in [-0.05, 0) is 19.1 Å². The van der Waals surface area contributed by atoms with Gasteiger partial charge in [-0.3, -0.25) is 4.79 Å². The lowest BCUT2D eigenvalue weighted by Gasteiger charge is -2.22. The lowest BCUT2D eigenvalue weighted by molar-refractivity contribution is -0.151. The zero-order valence-corrected chi connectivity index (χ0v) is 14.0. The number of halogens is 1. The number of ether oxygens (including phenoxy) is 2. The van der Waals surface area contributed by atoms with Gasteiger partial charge in [0.25, 0.3) is 5.91 Å². The highest BCUT2D eigenvalue weighted by Crippen LogP contribution is 2.28. The van der Waals surface area contributed by atoms with Crippen LogP contribution in [0.1, 0.15) is 25.3 Å². The van der Waals surface area contributed by atoms with E-state index in [0.717, 1.165) is 0 Å². The number of carbonyl (C=O) groups is 2. The fraction of sp³-hybridized carbons (Fsp3) is 0.471. The summed E-state index contributed by atoms with van der Waals surface area (Å²) in [5, 5.41) is 6.75. The predicted molar refractivity (Wildman–Crippen MR) is 85.3 cm³/mol. The van der Waals surface area contributed by atoms with Crippen molar-refractivity contribution < 1.29 is 28.3 Å². The SMILES string of the molecule is COC(=O)[C@H]1C[C@@H](NC(=O)C2(C)CC(c3cccc(F)c3)=NO2)CO1. The molecule has 2 heterocycles. The molecule has 0 spiro atoms. The molecule has 7 nitrogen and oxygen atoms in total. The third-order valence-corrected chi connectivity index (χ3v) is 4.30. The van der Waals surface area contributed by atoms with Crippen molar-refractivity contribution in [3.05, 3.63) is 35.6 Å². The zero-order valence-electron chi connectivity index (χ0n) is 14.0. The summed E-state index contributed by atoms with van der Waals surface area (Å²) in [6, 6.07) is 5.66. The third kappa shape index (κ3) is 3.63. The van der Waals surface area contributed by atoms with Gasteiger partial charge in [0.15, 0.2) is 6.10 Å². The van der Waals surface area contributed by atoms with Gasteiger partial charge in [-0.1, -0.05) is 17.3 Å². The molecule has 2 aliphatic rings. The highest BCUT2D eigenvalue weighted by molar-refractivity contribution is 6.05. The number of benzene rings is 1. The van der Waals surface area contributed by atoms with Crippen LogP contribution < -0.4 is 5.32 Å². The molecule has 0 aromatic heterocycles. The lowest BCUT2D eigenvalue weighted by atomic mass is 9.94. The molecule has 25 heavy (non-hydrogen) atoms. The van der Waals surface area contributed by atoms with Crippen LogP contribution >= 0.6 is 0 Å². The van der Waals surface area contributed by atoms with Crippen molar-refractivity contribution in [2.75, 3.05) is 13.7 Å². The van der Waals surface area contributed by atoms with E-state index in [1.165, 1.54) is 19.2 Å². The van der Waals surface area contributed by atoms with E-state index in [1.807, 2.05) is 0 Å². The summed E-state index contributed by atoms with van der Waals surface area (Å²) in [6.45, 7) is 1.84. The minimum atomic E-state index is -1.19. The third-order valence-electron chi connectivity index (χ3n) is 4.30. The van der Waals surface area contributed by atoms with Crippen molar-refractivity contribution >= 4 is 17.6 Å². The van der Waals surface area contributed by atoms with E-state index in [9.17, 15) is 14.0 Å². The molecular weight excluding hydrogens is 331 g/mol. The summed E-state index contributed by atoms with van der Waals surface area (Å²) in [4.78, 5) is 29.4. The first-order chi connectivity index (χ1) is 11.9. The second-order valence-electron chi connectivity index (χ2n) is 6.30. The zero-order chi connectivity index (χ0) is 18.0. The smallest absolute Gasteiger partial charge is 0.335 e. The molecule has 3 atom stereocenters. The van der Waals surface area contributed by atoms with Crippen LogP contribution in [0.5, 0.6) is 0 Å². The summed E-state index contributed by atoms with van der Waals surface area (Å²) in [7, 11) is 1.29. The van der Waals surface area contributed by atoms with Crippen LogP contribution in [0.4, 0.5) is 4.39 Å². The minimum Gasteiger partial charge on any atom is -0.467 e. The van der Waals surface area contributed by atoms with Crippen LogP contribution in [0.25, 0.3) is 0 Å². The van der Waals surface area contributed by atoms with Gasteiger partial charge in [0, 0.05) is 18.4 Å². The average Bonchev–Trinajstić information content (AvgIpc) is 3.22. The van der Waals surface area contributed by atoms with E-state index in [1.54, 1.807) is 19.1 Å². The van der Waals surface area contributed by atoms with Gasteiger partial charge in [0.05, 0.1) is 25.5 Å². The number of hydrogen-bond acceptors (Lipinski definition) is 6. The number of esters is 1. The standard InChI is InChI=1S/C17H19FN2O5/c1-17(8-13(20-25-17)10-4-3-5-11(18)6-10)16(22)19-12-7-14(24-9-12)15(21)23-2/h3-6,12,14H,7-9H2,1-2H3,(H,19,22)/t12-,14-,17?/m1/s1. The molecular formula is C17H19FN2O5. The molecule has 1 fully saturated rings. The van der Waals surface area contributed by atoms with Gasteiger partial charge < -0.3 is 19.6 Å². The van der Waals surface area contributed by atoms with Gasteiger partial charge in [-0.15, -0.1) is 0 Å². The van der Waals surface area contributed by atoms with E-state index in [4.69, 9.17) is 9.57 Å². The topological polar surface area (TPSA) is 86.2 Å². The number of nitrogens with one attached hydrogen (secondary N) is 1. The maximum atomic E-state index is 13.3. The van der Waals surface area contributed by atoms with Crippen molar-refractivity contribution in [2.24, 2.45) is 5.16 Å². The highest BCUT2D eigenvalue weighted by atomic mass is 19.1. The molecule has 0 radical (unpaired) electrons. The Morgan fingerprint density at radius 3 is 2.96 bits per heavy atom. The molecule has 134 valence electrons. The summed E-state index contributed by atoms with van der Waals surface area (Å²) in [6.07, 6.45) is -0.116. The normalized spacial score (nSPS) is 28.2. The molecule has 0 saturated carbocycles. The molecule has 0 bridgehead atoms. The number of carbonyl (C=O) groups excluding carboxylic acids is 2. The van der Waals surface area contributed by atoms with Crippen LogP contribution in [0.2, 0.25) is 0 Å². The molecule has 1 N–H and O–H groups in total. The molecule has 0 aliphatic carbocycles. The molecule has 1 aromatic rings. The van der Waals surface area contributed by atoms with Crippen LogP contribution in [0.3, 0.4) is 0 Å². The number of amides is 1. The van der Waals surface area contributed by atoms with Crippen molar-refractivity contribution in [2.45, 2.75) is 37.5 Å². The second-order valence-corrected chi connectivity index (χ2v) is 6.30. The van der Waals surface area contributed by atoms with Crippen molar-refractivity contribution in [1.82, 2.24) is 5.32 Å². The molecule has 1 amide bonds. The number of rotatable bonds is 4. The Kier molecular flexibility index (Phi) is 4.71. The first kappa shape index (κ1) is 17.3. The van der Waals surface area contributed by atoms with Gasteiger partial charge >= 0.3 is 5.97 Å². The Hall–Kier alpha value is -2.48. The molecule has 1 saturated heterocycles. The van der Waals surface area contributed by atoms with Crippen molar-refractivity contribution in [3.63, 3.8) is 0 Å². The van der Waals surface area contributed by atoms with E-state index in [-0.39, 0.29) is 30.8 Å². The molecule has 1 aromatic carbocycles. The van der Waals surface area contributed by atoms with Gasteiger partial charge in [0.2, 0.25) is 5.60 Å². The second kappa shape index (κ2) is 6.79. The van der Waals surface area contributed by atoms with E-state index in [2.05, 4.69) is 15.2 Å². The number of methoxy groups -OCH3 is 1. The van der Waals surface area contributed by atoms with Crippen LogP contribution in [0, 0.1) is 5.82 Å².